The number of aryl methyl sites for hydroxylation is 1. The van der Waals surface area contributed by atoms with Gasteiger partial charge in [0, 0.05) is 0 Å². The standard InChI is InChI=1S/C26H36BN3O4/c1-16-17(8-9-19(30-13-12-28-29-30)22(16)23(31)32-24(2,3)4)10-11-27-33-21-15-18-14-20(25(18,5)6)26(21,7)34-27/h8-9,12-13,18,20-21H,10-11,14-15H2,1-7H3/t18?,20?,21?,26-/m0/s1. The highest BCUT2D eigenvalue weighted by Gasteiger charge is 2.67. The van der Waals surface area contributed by atoms with Gasteiger partial charge in [-0.1, -0.05) is 25.1 Å². The van der Waals surface area contributed by atoms with Crippen LogP contribution in [-0.2, 0) is 20.5 Å². The molecule has 6 rings (SSSR count). The number of ether oxygens (including phenoxy) is 1. The van der Waals surface area contributed by atoms with Crippen molar-refractivity contribution in [2.45, 2.75) is 91.4 Å². The van der Waals surface area contributed by atoms with E-state index in [4.69, 9.17) is 14.0 Å². The van der Waals surface area contributed by atoms with Crippen molar-refractivity contribution in [3.8, 4) is 5.69 Å². The third-order valence-corrected chi connectivity index (χ3v) is 8.48. The zero-order chi connectivity index (χ0) is 24.5. The van der Waals surface area contributed by atoms with E-state index in [0.717, 1.165) is 36.2 Å². The van der Waals surface area contributed by atoms with Crippen LogP contribution in [0.25, 0.3) is 5.69 Å². The molecule has 7 nitrogen and oxygen atoms in total. The van der Waals surface area contributed by atoms with Crippen molar-refractivity contribution < 1.29 is 18.8 Å². The van der Waals surface area contributed by atoms with Crippen LogP contribution in [-0.4, -0.2) is 45.4 Å². The van der Waals surface area contributed by atoms with Crippen molar-refractivity contribution in [2.24, 2.45) is 17.3 Å². The van der Waals surface area contributed by atoms with Gasteiger partial charge >= 0.3 is 13.1 Å². The van der Waals surface area contributed by atoms with Crippen LogP contribution in [0, 0.1) is 24.2 Å². The summed E-state index contributed by atoms with van der Waals surface area (Å²) in [5.74, 6) is 0.934. The summed E-state index contributed by atoms with van der Waals surface area (Å²) < 4.78 is 20.4. The normalized spacial score (nSPS) is 29.5. The van der Waals surface area contributed by atoms with Gasteiger partial charge in [0.25, 0.3) is 0 Å². The summed E-state index contributed by atoms with van der Waals surface area (Å²) in [6.07, 6.45) is 7.36. The molecular weight excluding hydrogens is 429 g/mol. The molecular formula is C26H36BN3O4. The van der Waals surface area contributed by atoms with Crippen molar-refractivity contribution in [2.75, 3.05) is 0 Å². The van der Waals surface area contributed by atoms with Crippen LogP contribution in [0.5, 0.6) is 0 Å². The molecule has 1 aliphatic heterocycles. The summed E-state index contributed by atoms with van der Waals surface area (Å²) >= 11 is 0. The van der Waals surface area contributed by atoms with E-state index < -0.39 is 5.60 Å². The van der Waals surface area contributed by atoms with Crippen LogP contribution in [0.2, 0.25) is 6.32 Å². The first kappa shape index (κ1) is 23.6. The van der Waals surface area contributed by atoms with Gasteiger partial charge in [-0.25, -0.2) is 9.48 Å². The molecule has 2 heterocycles. The zero-order valence-electron chi connectivity index (χ0n) is 21.4. The Morgan fingerprint density at radius 3 is 2.68 bits per heavy atom. The fraction of sp³-hybridized carbons (Fsp3) is 0.654. The topological polar surface area (TPSA) is 75.5 Å². The van der Waals surface area contributed by atoms with Crippen LogP contribution in [0.3, 0.4) is 0 Å². The minimum absolute atomic E-state index is 0.183. The molecule has 4 fully saturated rings. The monoisotopic (exact) mass is 465 g/mol. The van der Waals surface area contributed by atoms with Crippen molar-refractivity contribution in [1.29, 1.82) is 0 Å². The molecule has 0 amide bonds. The van der Waals surface area contributed by atoms with Gasteiger partial charge in [0.1, 0.15) is 5.60 Å². The number of carbonyl (C=O) groups excluding carboxylic acids is 1. The van der Waals surface area contributed by atoms with Gasteiger partial charge in [0.2, 0.25) is 0 Å². The van der Waals surface area contributed by atoms with E-state index in [9.17, 15) is 4.79 Å². The molecule has 0 spiro atoms. The molecule has 34 heavy (non-hydrogen) atoms. The van der Waals surface area contributed by atoms with Gasteiger partial charge in [0.05, 0.1) is 35.3 Å². The number of nitrogens with zero attached hydrogens (tertiary/aromatic N) is 3. The van der Waals surface area contributed by atoms with Gasteiger partial charge in [0.15, 0.2) is 0 Å². The molecule has 0 N–H and O–H groups in total. The van der Waals surface area contributed by atoms with Gasteiger partial charge in [-0.15, -0.1) is 5.10 Å². The van der Waals surface area contributed by atoms with Crippen LogP contribution in [0.1, 0.15) is 75.9 Å². The average Bonchev–Trinajstić information content (AvgIpc) is 3.37. The maximum Gasteiger partial charge on any atom is 0.457 e. The number of hydrogen-bond donors (Lipinski definition) is 0. The highest BCUT2D eigenvalue weighted by molar-refractivity contribution is 6.45. The summed E-state index contributed by atoms with van der Waals surface area (Å²) in [6.45, 7) is 14.6. The van der Waals surface area contributed by atoms with Gasteiger partial charge < -0.3 is 14.0 Å². The molecule has 1 saturated heterocycles. The maximum absolute atomic E-state index is 13.2. The van der Waals surface area contributed by atoms with E-state index in [1.807, 2.05) is 33.8 Å². The Hall–Kier alpha value is -2.19. The molecule has 1 aromatic heterocycles. The summed E-state index contributed by atoms with van der Waals surface area (Å²) in [5, 5.41) is 8.00. The largest absolute Gasteiger partial charge is 0.457 e. The second-order valence-corrected chi connectivity index (χ2v) is 12.0. The lowest BCUT2D eigenvalue weighted by Gasteiger charge is -2.64. The quantitative estimate of drug-likeness (QED) is 0.467. The Kier molecular flexibility index (Phi) is 5.49. The molecule has 182 valence electrons. The van der Waals surface area contributed by atoms with Crippen molar-refractivity contribution in [3.63, 3.8) is 0 Å². The number of esters is 1. The van der Waals surface area contributed by atoms with E-state index in [1.165, 1.54) is 6.42 Å². The zero-order valence-corrected chi connectivity index (χ0v) is 21.4. The predicted molar refractivity (Wildman–Crippen MR) is 130 cm³/mol. The molecule has 4 aliphatic rings. The molecule has 1 aromatic carbocycles. The van der Waals surface area contributed by atoms with E-state index in [1.54, 1.807) is 17.1 Å². The first-order valence-corrected chi connectivity index (χ1v) is 12.5. The fourth-order valence-corrected chi connectivity index (χ4v) is 6.47. The Morgan fingerprint density at radius 1 is 1.26 bits per heavy atom. The lowest BCUT2D eigenvalue weighted by atomic mass is 9.43. The Balaban J connectivity index is 1.36. The van der Waals surface area contributed by atoms with Gasteiger partial charge in [-0.05, 0) is 94.6 Å². The SMILES string of the molecule is Cc1c(CCB2OC3CC4CC(C4(C)C)[C@]3(C)O2)ccc(-n2ccnn2)c1C(=O)OC(C)(C)C. The van der Waals surface area contributed by atoms with Crippen LogP contribution in [0.4, 0.5) is 0 Å². The molecule has 2 aromatic rings. The number of aromatic nitrogens is 3. The summed E-state index contributed by atoms with van der Waals surface area (Å²) in [4.78, 5) is 13.2. The first-order valence-electron chi connectivity index (χ1n) is 12.5. The Labute approximate surface area is 202 Å². The minimum atomic E-state index is -0.592. The fourth-order valence-electron chi connectivity index (χ4n) is 6.47. The minimum Gasteiger partial charge on any atom is -0.456 e. The summed E-state index contributed by atoms with van der Waals surface area (Å²) in [7, 11) is -0.218. The molecule has 3 saturated carbocycles. The lowest BCUT2D eigenvalue weighted by molar-refractivity contribution is -0.199. The smallest absolute Gasteiger partial charge is 0.456 e. The predicted octanol–water partition coefficient (Wildman–Crippen LogP) is 4.80. The lowest BCUT2D eigenvalue weighted by Crippen LogP contribution is -2.65. The van der Waals surface area contributed by atoms with Gasteiger partial charge in [-0.2, -0.15) is 0 Å². The molecule has 8 heteroatoms. The van der Waals surface area contributed by atoms with Crippen LogP contribution in [0.15, 0.2) is 24.5 Å². The number of rotatable bonds is 5. The highest BCUT2D eigenvalue weighted by Crippen LogP contribution is 2.65. The maximum atomic E-state index is 13.2. The molecule has 3 unspecified atom stereocenters. The number of benzene rings is 1. The molecule has 3 aliphatic carbocycles. The number of hydrogen-bond acceptors (Lipinski definition) is 6. The average molecular weight is 465 g/mol. The third-order valence-electron chi connectivity index (χ3n) is 8.48. The van der Waals surface area contributed by atoms with E-state index in [0.29, 0.717) is 22.6 Å². The highest BCUT2D eigenvalue weighted by atomic mass is 16.7. The second kappa shape index (κ2) is 7.92. The van der Waals surface area contributed by atoms with E-state index >= 15 is 0 Å². The van der Waals surface area contributed by atoms with E-state index in [2.05, 4.69) is 37.1 Å². The molecule has 2 bridgehead atoms. The summed E-state index contributed by atoms with van der Waals surface area (Å²) in [6, 6.07) is 3.98. The van der Waals surface area contributed by atoms with Crippen LogP contribution >= 0.6 is 0 Å². The Bertz CT molecular complexity index is 1090. The first-order chi connectivity index (χ1) is 15.9. The second-order valence-electron chi connectivity index (χ2n) is 12.0. The Morgan fingerprint density at radius 2 is 2.03 bits per heavy atom. The number of carbonyl (C=O) groups is 1. The molecule has 0 radical (unpaired) electrons. The van der Waals surface area contributed by atoms with Crippen molar-refractivity contribution in [1.82, 2.24) is 15.0 Å². The van der Waals surface area contributed by atoms with Crippen LogP contribution < -0.4 is 0 Å². The van der Waals surface area contributed by atoms with Crippen molar-refractivity contribution in [3.05, 3.63) is 41.2 Å². The summed E-state index contributed by atoms with van der Waals surface area (Å²) in [5.41, 5.74) is 2.71. The van der Waals surface area contributed by atoms with Gasteiger partial charge in [-0.3, -0.25) is 0 Å². The molecule has 4 atom stereocenters. The van der Waals surface area contributed by atoms with E-state index in [-0.39, 0.29) is 24.8 Å². The van der Waals surface area contributed by atoms with Crippen molar-refractivity contribution >= 4 is 13.1 Å². The third kappa shape index (κ3) is 3.79.